The number of carbonyl (C=O) groups excluding carboxylic acids is 1. The largest absolute Gasteiger partial charge is 0.480 e. The lowest BCUT2D eigenvalue weighted by Crippen LogP contribution is -2.57. The molecule has 0 aliphatic rings. The highest BCUT2D eigenvalue weighted by atomic mass is 16.5. The van der Waals surface area contributed by atoms with E-state index in [0.29, 0.717) is 32.3 Å². The Morgan fingerprint density at radius 1 is 1.39 bits per heavy atom. The van der Waals surface area contributed by atoms with E-state index >= 15 is 0 Å². The highest BCUT2D eigenvalue weighted by molar-refractivity contribution is 5.89. The van der Waals surface area contributed by atoms with Gasteiger partial charge in [0.25, 0.3) is 0 Å². The summed E-state index contributed by atoms with van der Waals surface area (Å²) in [4.78, 5) is 23.1. The molecular weight excluding hydrogens is 236 g/mol. The van der Waals surface area contributed by atoms with Gasteiger partial charge < -0.3 is 20.9 Å². The molecule has 0 heterocycles. The maximum Gasteiger partial charge on any atom is 0.329 e. The van der Waals surface area contributed by atoms with Crippen LogP contribution < -0.4 is 11.1 Å². The van der Waals surface area contributed by atoms with Crippen molar-refractivity contribution in [2.75, 3.05) is 13.7 Å². The van der Waals surface area contributed by atoms with Gasteiger partial charge in [-0.2, -0.15) is 0 Å². The maximum absolute atomic E-state index is 11.8. The first-order chi connectivity index (χ1) is 8.43. The van der Waals surface area contributed by atoms with Gasteiger partial charge >= 0.3 is 5.97 Å². The first-order valence-corrected chi connectivity index (χ1v) is 6.23. The molecule has 1 unspecified atom stereocenters. The van der Waals surface area contributed by atoms with Crippen LogP contribution in [-0.4, -0.2) is 42.3 Å². The van der Waals surface area contributed by atoms with E-state index in [1.165, 1.54) is 0 Å². The number of nitrogens with two attached hydrogens (primary N) is 1. The van der Waals surface area contributed by atoms with Crippen LogP contribution in [0.3, 0.4) is 0 Å². The quantitative estimate of drug-likeness (QED) is 0.524. The van der Waals surface area contributed by atoms with Gasteiger partial charge in [-0.05, 0) is 25.7 Å². The van der Waals surface area contributed by atoms with Gasteiger partial charge in [0.1, 0.15) is 5.54 Å². The van der Waals surface area contributed by atoms with Gasteiger partial charge in [0.2, 0.25) is 5.91 Å². The molecule has 0 fully saturated rings. The predicted octanol–water partition coefficient (Wildman–Crippen LogP) is 0.500. The van der Waals surface area contributed by atoms with Gasteiger partial charge in [-0.25, -0.2) is 4.79 Å². The molecule has 0 saturated heterocycles. The number of nitrogens with one attached hydrogen (secondary N) is 1. The van der Waals surface area contributed by atoms with E-state index in [1.807, 2.05) is 0 Å². The Hall–Kier alpha value is -1.14. The smallest absolute Gasteiger partial charge is 0.329 e. The number of aliphatic carboxylic acids is 1. The fraction of sp³-hybridized carbons (Fsp3) is 0.833. The van der Waals surface area contributed by atoms with Crippen LogP contribution in [0.2, 0.25) is 0 Å². The standard InChI is InChI=1S/C12H24N2O4/c1-4-12(5-2,11(16)17)14-10(15)9(13)7-6-8-18-3/h9H,4-8,13H2,1-3H3,(H,14,15)(H,16,17). The Balaban J connectivity index is 4.46. The normalized spacial score (nSPS) is 13.1. The third-order valence-corrected chi connectivity index (χ3v) is 3.18. The monoisotopic (exact) mass is 260 g/mol. The summed E-state index contributed by atoms with van der Waals surface area (Å²) in [5.74, 6) is -1.44. The molecular formula is C12H24N2O4. The van der Waals surface area contributed by atoms with Gasteiger partial charge in [-0.3, -0.25) is 4.79 Å². The SMILES string of the molecule is CCC(CC)(NC(=O)C(N)CCCOC)C(=O)O. The van der Waals surface area contributed by atoms with Crippen LogP contribution >= 0.6 is 0 Å². The molecule has 0 spiro atoms. The van der Waals surface area contributed by atoms with E-state index in [0.717, 1.165) is 0 Å². The lowest BCUT2D eigenvalue weighted by molar-refractivity contribution is -0.148. The zero-order valence-electron chi connectivity index (χ0n) is 11.4. The minimum atomic E-state index is -1.21. The number of amides is 1. The van der Waals surface area contributed by atoms with E-state index in [2.05, 4.69) is 5.32 Å². The second kappa shape index (κ2) is 8.05. The number of hydrogen-bond donors (Lipinski definition) is 3. The fourth-order valence-electron chi connectivity index (χ4n) is 1.69. The number of carbonyl (C=O) groups is 2. The third-order valence-electron chi connectivity index (χ3n) is 3.18. The summed E-state index contributed by atoms with van der Waals surface area (Å²) < 4.78 is 4.87. The molecule has 6 nitrogen and oxygen atoms in total. The Kier molecular flexibility index (Phi) is 7.54. The summed E-state index contributed by atoms with van der Waals surface area (Å²) in [6.07, 6.45) is 1.80. The molecule has 0 aliphatic heterocycles. The van der Waals surface area contributed by atoms with Crippen molar-refractivity contribution < 1.29 is 19.4 Å². The number of methoxy groups -OCH3 is 1. The minimum absolute atomic E-state index is 0.329. The summed E-state index contributed by atoms with van der Waals surface area (Å²) in [5.41, 5.74) is 4.50. The highest BCUT2D eigenvalue weighted by Gasteiger charge is 2.37. The molecule has 0 aromatic rings. The van der Waals surface area contributed by atoms with Crippen molar-refractivity contribution in [2.24, 2.45) is 5.73 Å². The van der Waals surface area contributed by atoms with Crippen molar-refractivity contribution in [3.05, 3.63) is 0 Å². The topological polar surface area (TPSA) is 102 Å². The van der Waals surface area contributed by atoms with E-state index in [-0.39, 0.29) is 0 Å². The van der Waals surface area contributed by atoms with Crippen LogP contribution in [0, 0.1) is 0 Å². The second-order valence-corrected chi connectivity index (χ2v) is 4.33. The molecule has 0 saturated carbocycles. The number of ether oxygens (including phenoxy) is 1. The molecule has 0 bridgehead atoms. The van der Waals surface area contributed by atoms with E-state index in [9.17, 15) is 14.7 Å². The Bertz CT molecular complexity index is 277. The molecule has 0 aromatic heterocycles. The molecule has 4 N–H and O–H groups in total. The van der Waals surface area contributed by atoms with Crippen molar-refractivity contribution in [3.8, 4) is 0 Å². The zero-order chi connectivity index (χ0) is 14.2. The highest BCUT2D eigenvalue weighted by Crippen LogP contribution is 2.15. The summed E-state index contributed by atoms with van der Waals surface area (Å²) in [5, 5.41) is 11.7. The van der Waals surface area contributed by atoms with Crippen molar-refractivity contribution >= 4 is 11.9 Å². The number of carboxylic acid groups (broad SMARTS) is 1. The lowest BCUT2D eigenvalue weighted by atomic mass is 9.92. The van der Waals surface area contributed by atoms with Gasteiger partial charge in [0.15, 0.2) is 0 Å². The Morgan fingerprint density at radius 2 is 1.94 bits per heavy atom. The summed E-state index contributed by atoms with van der Waals surface area (Å²) in [6.45, 7) is 4.00. The van der Waals surface area contributed by atoms with Gasteiger partial charge in [-0.15, -0.1) is 0 Å². The molecule has 0 aromatic carbocycles. The second-order valence-electron chi connectivity index (χ2n) is 4.33. The molecule has 6 heteroatoms. The molecule has 1 atom stereocenters. The predicted molar refractivity (Wildman–Crippen MR) is 68.2 cm³/mol. The van der Waals surface area contributed by atoms with Crippen molar-refractivity contribution in [1.29, 1.82) is 0 Å². The van der Waals surface area contributed by atoms with Gasteiger partial charge in [-0.1, -0.05) is 13.8 Å². The van der Waals surface area contributed by atoms with Crippen molar-refractivity contribution in [1.82, 2.24) is 5.32 Å². The van der Waals surface area contributed by atoms with E-state index < -0.39 is 23.5 Å². The summed E-state index contributed by atoms with van der Waals surface area (Å²) in [7, 11) is 1.58. The maximum atomic E-state index is 11.8. The molecule has 0 rings (SSSR count). The molecule has 18 heavy (non-hydrogen) atoms. The van der Waals surface area contributed by atoms with Crippen LogP contribution in [0.25, 0.3) is 0 Å². The van der Waals surface area contributed by atoms with E-state index in [4.69, 9.17) is 10.5 Å². The van der Waals surface area contributed by atoms with Crippen LogP contribution in [-0.2, 0) is 14.3 Å². The van der Waals surface area contributed by atoms with Crippen LogP contribution in [0.4, 0.5) is 0 Å². The van der Waals surface area contributed by atoms with Crippen molar-refractivity contribution in [3.63, 3.8) is 0 Å². The van der Waals surface area contributed by atoms with Crippen molar-refractivity contribution in [2.45, 2.75) is 51.1 Å². The van der Waals surface area contributed by atoms with Crippen LogP contribution in [0.15, 0.2) is 0 Å². The first-order valence-electron chi connectivity index (χ1n) is 6.23. The number of carboxylic acids is 1. The Morgan fingerprint density at radius 3 is 2.33 bits per heavy atom. The fourth-order valence-corrected chi connectivity index (χ4v) is 1.69. The minimum Gasteiger partial charge on any atom is -0.480 e. The van der Waals surface area contributed by atoms with E-state index in [1.54, 1.807) is 21.0 Å². The lowest BCUT2D eigenvalue weighted by Gasteiger charge is -2.29. The molecule has 0 aliphatic carbocycles. The average molecular weight is 260 g/mol. The van der Waals surface area contributed by atoms with Crippen LogP contribution in [0.1, 0.15) is 39.5 Å². The van der Waals surface area contributed by atoms with Crippen LogP contribution in [0.5, 0.6) is 0 Å². The van der Waals surface area contributed by atoms with Gasteiger partial charge in [0.05, 0.1) is 6.04 Å². The zero-order valence-corrected chi connectivity index (χ0v) is 11.4. The molecule has 0 radical (unpaired) electrons. The average Bonchev–Trinajstić information content (AvgIpc) is 2.35. The molecule has 106 valence electrons. The number of hydrogen-bond acceptors (Lipinski definition) is 4. The third kappa shape index (κ3) is 4.62. The summed E-state index contributed by atoms with van der Waals surface area (Å²) >= 11 is 0. The first kappa shape index (κ1) is 16.9. The molecule has 1 amide bonds. The number of rotatable bonds is 9. The summed E-state index contributed by atoms with van der Waals surface area (Å²) in [6, 6.07) is -0.697. The Labute approximate surface area is 108 Å². The van der Waals surface area contributed by atoms with Gasteiger partial charge in [0, 0.05) is 13.7 Å².